The number of benzene rings is 1. The quantitative estimate of drug-likeness (QED) is 0.731. The SMILES string of the molecule is Cc1nc(-n2cccn2)cc(N2CCCC2)c1-c1ccccc1F. The van der Waals surface area contributed by atoms with Gasteiger partial charge in [-0.2, -0.15) is 5.10 Å². The summed E-state index contributed by atoms with van der Waals surface area (Å²) >= 11 is 0. The van der Waals surface area contributed by atoms with Crippen molar-refractivity contribution in [3.63, 3.8) is 0 Å². The van der Waals surface area contributed by atoms with Crippen LogP contribution in [-0.4, -0.2) is 27.9 Å². The van der Waals surface area contributed by atoms with E-state index >= 15 is 0 Å². The van der Waals surface area contributed by atoms with Gasteiger partial charge >= 0.3 is 0 Å². The molecule has 1 aromatic carbocycles. The zero-order valence-electron chi connectivity index (χ0n) is 13.6. The number of aromatic nitrogens is 3. The predicted molar refractivity (Wildman–Crippen MR) is 92.9 cm³/mol. The summed E-state index contributed by atoms with van der Waals surface area (Å²) in [5.74, 6) is 0.550. The zero-order valence-corrected chi connectivity index (χ0v) is 13.6. The van der Waals surface area contributed by atoms with Gasteiger partial charge in [-0.05, 0) is 31.9 Å². The number of hydrogen-bond acceptors (Lipinski definition) is 3. The Morgan fingerprint density at radius 3 is 2.58 bits per heavy atom. The summed E-state index contributed by atoms with van der Waals surface area (Å²) in [6, 6.07) is 10.8. The average Bonchev–Trinajstić information content (AvgIpc) is 3.29. The molecular formula is C19H19FN4. The molecule has 4 rings (SSSR count). The normalized spacial score (nSPS) is 14.3. The molecule has 5 heteroatoms. The van der Waals surface area contributed by atoms with Crippen LogP contribution in [0.5, 0.6) is 0 Å². The van der Waals surface area contributed by atoms with Crippen molar-refractivity contribution in [2.24, 2.45) is 0 Å². The third-order valence-electron chi connectivity index (χ3n) is 4.50. The molecule has 122 valence electrons. The molecule has 0 radical (unpaired) electrons. The molecule has 4 nitrogen and oxygen atoms in total. The van der Waals surface area contributed by atoms with Crippen molar-refractivity contribution in [3.8, 4) is 16.9 Å². The fourth-order valence-corrected chi connectivity index (χ4v) is 3.37. The Labute approximate surface area is 140 Å². The summed E-state index contributed by atoms with van der Waals surface area (Å²) in [6.45, 7) is 3.92. The van der Waals surface area contributed by atoms with Gasteiger partial charge in [0.15, 0.2) is 5.82 Å². The van der Waals surface area contributed by atoms with E-state index in [-0.39, 0.29) is 5.82 Å². The van der Waals surface area contributed by atoms with E-state index in [2.05, 4.69) is 15.0 Å². The van der Waals surface area contributed by atoms with E-state index in [0.29, 0.717) is 5.56 Å². The molecule has 3 heterocycles. The molecule has 1 saturated heterocycles. The second-order valence-electron chi connectivity index (χ2n) is 6.08. The Morgan fingerprint density at radius 2 is 1.88 bits per heavy atom. The molecule has 0 aliphatic carbocycles. The van der Waals surface area contributed by atoms with Crippen molar-refractivity contribution in [3.05, 3.63) is 60.3 Å². The maximum absolute atomic E-state index is 14.4. The van der Waals surface area contributed by atoms with Gasteiger partial charge in [0.1, 0.15) is 5.82 Å². The lowest BCUT2D eigenvalue weighted by molar-refractivity contribution is 0.631. The molecule has 1 fully saturated rings. The highest BCUT2D eigenvalue weighted by atomic mass is 19.1. The lowest BCUT2D eigenvalue weighted by atomic mass is 10.0. The molecule has 2 aromatic heterocycles. The van der Waals surface area contributed by atoms with Gasteiger partial charge in [-0.15, -0.1) is 0 Å². The smallest absolute Gasteiger partial charge is 0.155 e. The van der Waals surface area contributed by atoms with Gasteiger partial charge in [-0.1, -0.05) is 18.2 Å². The first-order valence-corrected chi connectivity index (χ1v) is 8.25. The standard InChI is InChI=1S/C19H19FN4/c1-14-19(15-7-2-3-8-16(15)20)17(23-10-4-5-11-23)13-18(22-14)24-12-6-9-21-24/h2-3,6-9,12-13H,4-5,10-11H2,1H3. The van der Waals surface area contributed by atoms with Crippen molar-refractivity contribution in [2.75, 3.05) is 18.0 Å². The number of aryl methyl sites for hydroxylation is 1. The van der Waals surface area contributed by atoms with Gasteiger partial charge in [0.25, 0.3) is 0 Å². The number of hydrogen-bond donors (Lipinski definition) is 0. The highest BCUT2D eigenvalue weighted by Gasteiger charge is 2.22. The summed E-state index contributed by atoms with van der Waals surface area (Å²) in [5.41, 5.74) is 3.34. The minimum absolute atomic E-state index is 0.213. The van der Waals surface area contributed by atoms with Gasteiger partial charge in [0.2, 0.25) is 0 Å². The predicted octanol–water partition coefficient (Wildman–Crippen LogP) is 3.98. The van der Waals surface area contributed by atoms with Gasteiger partial charge < -0.3 is 4.90 Å². The first kappa shape index (κ1) is 14.9. The van der Waals surface area contributed by atoms with E-state index in [1.807, 2.05) is 37.4 Å². The molecule has 1 aliphatic rings. The number of halogens is 1. The Kier molecular flexibility index (Phi) is 3.76. The molecule has 24 heavy (non-hydrogen) atoms. The van der Waals surface area contributed by atoms with E-state index in [1.165, 1.54) is 6.07 Å². The highest BCUT2D eigenvalue weighted by molar-refractivity contribution is 5.82. The van der Waals surface area contributed by atoms with Gasteiger partial charge in [-0.25, -0.2) is 14.1 Å². The lowest BCUT2D eigenvalue weighted by Gasteiger charge is -2.24. The van der Waals surface area contributed by atoms with Crippen molar-refractivity contribution >= 4 is 5.69 Å². The van der Waals surface area contributed by atoms with Crippen LogP contribution in [0.3, 0.4) is 0 Å². The Hall–Kier alpha value is -2.69. The fourth-order valence-electron chi connectivity index (χ4n) is 3.37. The minimum atomic E-state index is -0.213. The maximum Gasteiger partial charge on any atom is 0.155 e. The summed E-state index contributed by atoms with van der Waals surface area (Å²) in [6.07, 6.45) is 5.93. The van der Waals surface area contributed by atoms with Crippen LogP contribution in [-0.2, 0) is 0 Å². The van der Waals surface area contributed by atoms with Crippen LogP contribution in [0.25, 0.3) is 16.9 Å². The summed E-state index contributed by atoms with van der Waals surface area (Å²) in [4.78, 5) is 7.00. The molecule has 3 aromatic rings. The second-order valence-corrected chi connectivity index (χ2v) is 6.08. The number of rotatable bonds is 3. The van der Waals surface area contributed by atoms with E-state index in [9.17, 15) is 4.39 Å². The third kappa shape index (κ3) is 2.56. The second kappa shape index (κ2) is 6.07. The molecule has 0 amide bonds. The van der Waals surface area contributed by atoms with E-state index in [0.717, 1.165) is 48.7 Å². The number of anilines is 1. The number of pyridine rings is 1. The van der Waals surface area contributed by atoms with Gasteiger partial charge in [-0.3, -0.25) is 0 Å². The molecule has 1 aliphatic heterocycles. The van der Waals surface area contributed by atoms with Crippen LogP contribution in [0.15, 0.2) is 48.8 Å². The van der Waals surface area contributed by atoms with Crippen LogP contribution in [0.1, 0.15) is 18.5 Å². The Morgan fingerprint density at radius 1 is 1.08 bits per heavy atom. The zero-order chi connectivity index (χ0) is 16.5. The maximum atomic E-state index is 14.4. The molecule has 0 bridgehead atoms. The molecule has 0 atom stereocenters. The minimum Gasteiger partial charge on any atom is -0.371 e. The van der Waals surface area contributed by atoms with Crippen LogP contribution in [0.4, 0.5) is 10.1 Å². The molecule has 0 N–H and O–H groups in total. The molecule has 0 spiro atoms. The van der Waals surface area contributed by atoms with Crippen molar-refractivity contribution in [2.45, 2.75) is 19.8 Å². The molecule has 0 unspecified atom stereocenters. The van der Waals surface area contributed by atoms with Gasteiger partial charge in [0.05, 0.1) is 5.69 Å². The van der Waals surface area contributed by atoms with E-state index < -0.39 is 0 Å². The summed E-state index contributed by atoms with van der Waals surface area (Å²) in [7, 11) is 0. The molecular weight excluding hydrogens is 303 g/mol. The first-order chi connectivity index (χ1) is 11.7. The first-order valence-electron chi connectivity index (χ1n) is 8.25. The van der Waals surface area contributed by atoms with Gasteiger partial charge in [0, 0.05) is 48.4 Å². The van der Waals surface area contributed by atoms with E-state index in [1.54, 1.807) is 16.9 Å². The van der Waals surface area contributed by atoms with Crippen molar-refractivity contribution < 1.29 is 4.39 Å². The fraction of sp³-hybridized carbons (Fsp3) is 0.263. The Balaban J connectivity index is 1.93. The summed E-state index contributed by atoms with van der Waals surface area (Å²) < 4.78 is 16.2. The van der Waals surface area contributed by atoms with Crippen LogP contribution < -0.4 is 4.90 Å². The molecule has 0 saturated carbocycles. The third-order valence-corrected chi connectivity index (χ3v) is 4.50. The monoisotopic (exact) mass is 322 g/mol. The lowest BCUT2D eigenvalue weighted by Crippen LogP contribution is -2.20. The van der Waals surface area contributed by atoms with Crippen LogP contribution in [0, 0.1) is 12.7 Å². The summed E-state index contributed by atoms with van der Waals surface area (Å²) in [5, 5.41) is 4.28. The largest absolute Gasteiger partial charge is 0.371 e. The highest BCUT2D eigenvalue weighted by Crippen LogP contribution is 2.37. The van der Waals surface area contributed by atoms with Crippen molar-refractivity contribution in [1.82, 2.24) is 14.8 Å². The topological polar surface area (TPSA) is 34.0 Å². The Bertz CT molecular complexity index is 852. The average molecular weight is 322 g/mol. The number of nitrogens with zero attached hydrogens (tertiary/aromatic N) is 4. The van der Waals surface area contributed by atoms with Crippen molar-refractivity contribution in [1.29, 1.82) is 0 Å². The van der Waals surface area contributed by atoms with E-state index in [4.69, 9.17) is 0 Å². The van der Waals surface area contributed by atoms with Crippen LogP contribution in [0.2, 0.25) is 0 Å². The van der Waals surface area contributed by atoms with Crippen LogP contribution >= 0.6 is 0 Å².